The van der Waals surface area contributed by atoms with Gasteiger partial charge in [-0.1, -0.05) is 77.1 Å². The van der Waals surface area contributed by atoms with E-state index >= 15 is 4.39 Å². The van der Waals surface area contributed by atoms with Gasteiger partial charge in [-0.3, -0.25) is 29.2 Å². The number of ether oxygens (including phenoxy) is 2. The molecule has 0 saturated carbocycles. The number of phenolic OH excluding ortho intramolecular Hbond substituents is 1. The molecule has 6 aromatic rings. The zero-order chi connectivity index (χ0) is 57.3. The largest absolute Gasteiger partial charge is 0.508 e. The first-order valence-corrected chi connectivity index (χ1v) is 29.1. The standard InChI is InChI=1S/C60H73FN10O9S/c1-7-35-10-9-11-38-22-40(72)24-42(49(35)38)43-23-39-26-63-52(53(43)71(39)59(77)78)51-44-27-62-28-45(61)50(44)67-58(68-51)80-21-20-69-18-16-34(17-19-69)30-79-31-48(74)66-55(60(4,5)6)57(76)70-29-41(73)25-47(70)56(75)65-33(3)36-12-14-37(15-13-36)54-46(8-2)64-32-81-54/h9-15,22,24,27-28,32-34,39,41,43,47,52-53,55,63,72-73H,7-8,16-21,23,25-26,29-31H2,1-6H3,(H,65,75)(H,66,74)(H,77,78)/t33-,39?,41+,43?,47-,52?,53?,55+/m0/s1. The predicted octanol–water partition coefficient (Wildman–Crippen LogP) is 7.30. The van der Waals surface area contributed by atoms with Crippen LogP contribution in [0.1, 0.15) is 113 Å². The van der Waals surface area contributed by atoms with Crippen molar-refractivity contribution in [2.75, 3.05) is 52.5 Å². The summed E-state index contributed by atoms with van der Waals surface area (Å²) in [6.07, 6.45) is 4.35. The van der Waals surface area contributed by atoms with Crippen LogP contribution in [0.25, 0.3) is 32.1 Å². The Hall–Kier alpha value is -6.91. The Kier molecular flexibility index (Phi) is 17.2. The van der Waals surface area contributed by atoms with Crippen molar-refractivity contribution in [2.24, 2.45) is 11.3 Å². The highest BCUT2D eigenvalue weighted by atomic mass is 32.1. The lowest BCUT2D eigenvalue weighted by atomic mass is 9.82. The molecule has 0 radical (unpaired) electrons. The van der Waals surface area contributed by atoms with E-state index < -0.39 is 59.4 Å². The van der Waals surface area contributed by atoms with Crippen molar-refractivity contribution in [1.29, 1.82) is 0 Å². The number of amides is 4. The third-order valence-electron chi connectivity index (χ3n) is 16.7. The molecule has 430 valence electrons. The molecule has 7 heterocycles. The summed E-state index contributed by atoms with van der Waals surface area (Å²) in [6, 6.07) is 13.4. The monoisotopic (exact) mass is 1130 g/mol. The van der Waals surface area contributed by atoms with Gasteiger partial charge in [0.2, 0.25) is 17.7 Å². The smallest absolute Gasteiger partial charge is 0.407 e. The number of aryl methyl sites for hydroxylation is 2. The number of rotatable bonds is 18. The molecule has 4 aliphatic heterocycles. The van der Waals surface area contributed by atoms with Crippen molar-refractivity contribution >= 4 is 56.8 Å². The number of carbonyl (C=O) groups excluding carboxylic acids is 3. The number of fused-ring (bicyclic) bond motifs is 4. The number of piperidine rings is 1. The van der Waals surface area contributed by atoms with Crippen LogP contribution in [-0.2, 0) is 32.0 Å². The third kappa shape index (κ3) is 12.2. The summed E-state index contributed by atoms with van der Waals surface area (Å²) in [7, 11) is 0. The molecule has 0 aliphatic carbocycles. The molecular weight excluding hydrogens is 1060 g/mol. The number of pyridine rings is 1. The molecule has 21 heteroatoms. The summed E-state index contributed by atoms with van der Waals surface area (Å²) < 4.78 is 27.8. The van der Waals surface area contributed by atoms with Gasteiger partial charge in [0.1, 0.15) is 36.6 Å². The Bertz CT molecular complexity index is 3280. The summed E-state index contributed by atoms with van der Waals surface area (Å²) in [5.41, 5.74) is 6.43. The number of phenols is 1. The van der Waals surface area contributed by atoms with Gasteiger partial charge >= 0.3 is 12.1 Å². The van der Waals surface area contributed by atoms with E-state index in [0.29, 0.717) is 37.2 Å². The second kappa shape index (κ2) is 24.3. The lowest BCUT2D eigenvalue weighted by Crippen LogP contribution is -2.58. The Morgan fingerprint density at radius 3 is 2.49 bits per heavy atom. The van der Waals surface area contributed by atoms with Crippen LogP contribution in [0.2, 0.25) is 0 Å². The van der Waals surface area contributed by atoms with Crippen LogP contribution >= 0.6 is 11.3 Å². The van der Waals surface area contributed by atoms with Gasteiger partial charge in [0.05, 0.1) is 58.8 Å². The molecule has 4 amide bonds. The molecule has 2 bridgehead atoms. The molecular formula is C60H73FN10O9S. The van der Waals surface area contributed by atoms with E-state index in [1.165, 1.54) is 16.0 Å². The van der Waals surface area contributed by atoms with Crippen molar-refractivity contribution in [3.05, 3.63) is 106 Å². The number of aliphatic hydroxyl groups excluding tert-OH is 1. The number of β-amino-alcohol motifs (C(OH)–C–C–N with tert-alkyl or cyclic N) is 1. The topological polar surface area (TPSA) is 245 Å². The summed E-state index contributed by atoms with van der Waals surface area (Å²) in [4.78, 5) is 78.8. The minimum atomic E-state index is -1.07. The van der Waals surface area contributed by atoms with Crippen LogP contribution in [-0.4, -0.2) is 157 Å². The number of nitrogens with one attached hydrogen (secondary N) is 3. The van der Waals surface area contributed by atoms with Crippen LogP contribution in [0, 0.1) is 17.2 Å². The van der Waals surface area contributed by atoms with Gasteiger partial charge in [-0.05, 0) is 109 Å². The minimum Gasteiger partial charge on any atom is -0.508 e. The number of hydrogen-bond donors (Lipinski definition) is 6. The van der Waals surface area contributed by atoms with E-state index in [0.717, 1.165) is 88.6 Å². The number of hydrogen-bond acceptors (Lipinski definition) is 15. The van der Waals surface area contributed by atoms with Crippen LogP contribution in [0.15, 0.2) is 72.5 Å². The van der Waals surface area contributed by atoms with E-state index in [4.69, 9.17) is 14.5 Å². The van der Waals surface area contributed by atoms with Crippen LogP contribution in [0.4, 0.5) is 9.18 Å². The lowest BCUT2D eigenvalue weighted by molar-refractivity contribution is -0.144. The van der Waals surface area contributed by atoms with E-state index in [2.05, 4.69) is 55.7 Å². The Balaban J connectivity index is 0.721. The van der Waals surface area contributed by atoms with E-state index in [-0.39, 0.29) is 73.3 Å². The van der Waals surface area contributed by atoms with Crippen LogP contribution in [0.5, 0.6) is 11.8 Å². The summed E-state index contributed by atoms with van der Waals surface area (Å²) in [5.74, 6) is -2.03. The quantitative estimate of drug-likeness (QED) is 0.0495. The maximum Gasteiger partial charge on any atom is 0.407 e. The van der Waals surface area contributed by atoms with Gasteiger partial charge in [-0.25, -0.2) is 14.2 Å². The molecule has 4 aliphatic rings. The average Bonchev–Trinajstić information content (AvgIpc) is 4.38. The number of likely N-dealkylation sites (tertiary alicyclic amines) is 2. The number of carboxylic acid groups (broad SMARTS) is 1. The lowest BCUT2D eigenvalue weighted by Gasteiger charge is -2.40. The zero-order valence-corrected chi connectivity index (χ0v) is 47.5. The first kappa shape index (κ1) is 57.3. The van der Waals surface area contributed by atoms with Crippen molar-refractivity contribution in [3.8, 4) is 22.2 Å². The van der Waals surface area contributed by atoms with Crippen molar-refractivity contribution in [3.63, 3.8) is 0 Å². The molecule has 8 atom stereocenters. The minimum absolute atomic E-state index is 0.0124. The number of aromatic nitrogens is 4. The van der Waals surface area contributed by atoms with Crippen LogP contribution < -0.4 is 20.7 Å². The molecule has 0 spiro atoms. The highest BCUT2D eigenvalue weighted by Crippen LogP contribution is 2.49. The highest BCUT2D eigenvalue weighted by Gasteiger charge is 2.53. The van der Waals surface area contributed by atoms with Crippen molar-refractivity contribution in [1.82, 2.24) is 50.6 Å². The SMILES string of the molecule is CCc1ncsc1-c1ccc([C@H](C)NC(=O)[C@@H]2C[C@@H](O)CN2C(=O)[C@@H](NC(=O)COCC2CCN(CCOc3nc(C4NCC5CC(c6cc(O)cc7cccc(CC)c67)C4N5C(=O)O)c4cncc(F)c4n3)CC2)C(C)(C)C)cc1. The average molecular weight is 1130 g/mol. The molecule has 4 fully saturated rings. The molecule has 3 aromatic heterocycles. The first-order chi connectivity index (χ1) is 38.9. The molecule has 81 heavy (non-hydrogen) atoms. The number of thiazole rings is 1. The van der Waals surface area contributed by atoms with Gasteiger partial charge in [0, 0.05) is 49.6 Å². The number of nitrogens with zero attached hydrogens (tertiary/aromatic N) is 7. The molecule has 19 nitrogen and oxygen atoms in total. The summed E-state index contributed by atoms with van der Waals surface area (Å²) in [6.45, 7) is 14.1. The van der Waals surface area contributed by atoms with Crippen molar-refractivity contribution in [2.45, 2.75) is 128 Å². The normalized spacial score (nSPS) is 22.3. The maximum atomic E-state index is 15.7. The van der Waals surface area contributed by atoms with Gasteiger partial charge < -0.3 is 45.6 Å². The first-order valence-electron chi connectivity index (χ1n) is 28.2. The second-order valence-electron chi connectivity index (χ2n) is 23.1. The fraction of sp³-hybridized carbons (Fsp3) is 0.500. The van der Waals surface area contributed by atoms with Crippen LogP contribution in [0.3, 0.4) is 0 Å². The summed E-state index contributed by atoms with van der Waals surface area (Å²) >= 11 is 1.59. The summed E-state index contributed by atoms with van der Waals surface area (Å²) in [5, 5.41) is 44.1. The molecule has 3 aromatic carbocycles. The van der Waals surface area contributed by atoms with E-state index in [1.54, 1.807) is 23.5 Å². The highest BCUT2D eigenvalue weighted by molar-refractivity contribution is 7.13. The zero-order valence-electron chi connectivity index (χ0n) is 46.7. The van der Waals surface area contributed by atoms with Crippen molar-refractivity contribution < 1.29 is 48.4 Å². The predicted molar refractivity (Wildman–Crippen MR) is 304 cm³/mol. The van der Waals surface area contributed by atoms with Gasteiger partial charge in [0.15, 0.2) is 5.82 Å². The number of benzene rings is 3. The van der Waals surface area contributed by atoms with Gasteiger partial charge in [0.25, 0.3) is 0 Å². The molecule has 6 N–H and O–H groups in total. The third-order valence-corrected chi connectivity index (χ3v) is 17.7. The number of halogens is 1. The number of aliphatic hydroxyl groups is 1. The molecule has 10 rings (SSSR count). The Morgan fingerprint density at radius 1 is 0.988 bits per heavy atom. The number of piperazine rings is 1. The Labute approximate surface area is 474 Å². The van der Waals surface area contributed by atoms with Gasteiger partial charge in [-0.2, -0.15) is 9.97 Å². The molecule has 4 saturated heterocycles. The fourth-order valence-corrected chi connectivity index (χ4v) is 13.5. The second-order valence-corrected chi connectivity index (χ2v) is 24.0. The number of aromatic hydroxyl groups is 1. The maximum absolute atomic E-state index is 15.7. The van der Waals surface area contributed by atoms with Gasteiger partial charge in [-0.15, -0.1) is 11.3 Å². The number of carbonyl (C=O) groups is 4. The van der Waals surface area contributed by atoms with E-state index in [9.17, 15) is 34.5 Å². The Morgan fingerprint density at radius 2 is 1.77 bits per heavy atom. The van der Waals surface area contributed by atoms with E-state index in [1.807, 2.05) is 69.6 Å². The molecule has 4 unspecified atom stereocenters. The fourth-order valence-electron chi connectivity index (χ4n) is 12.6.